The van der Waals surface area contributed by atoms with Gasteiger partial charge >= 0.3 is 0 Å². The van der Waals surface area contributed by atoms with Crippen LogP contribution < -0.4 is 4.72 Å². The Balaban J connectivity index is 1.41. The van der Waals surface area contributed by atoms with E-state index in [1.165, 1.54) is 29.8 Å². The second kappa shape index (κ2) is 9.54. The predicted octanol–water partition coefficient (Wildman–Crippen LogP) is 3.49. The third kappa shape index (κ3) is 5.80. The van der Waals surface area contributed by atoms with Crippen LogP contribution in [0.5, 0.6) is 0 Å². The van der Waals surface area contributed by atoms with Crippen molar-refractivity contribution in [3.63, 3.8) is 0 Å². The minimum Gasteiger partial charge on any atom is -0.343 e. The number of halogens is 1. The number of likely N-dealkylation sites (tertiary alicyclic amines) is 1. The summed E-state index contributed by atoms with van der Waals surface area (Å²) in [5.74, 6) is 0.590. The first kappa shape index (κ1) is 20.8. The molecule has 0 saturated carbocycles. The molecular formula is C21H25ClN2O3S. The van der Waals surface area contributed by atoms with E-state index in [9.17, 15) is 13.2 Å². The largest absolute Gasteiger partial charge is 0.343 e. The summed E-state index contributed by atoms with van der Waals surface area (Å²) in [6, 6.07) is 16.4. The van der Waals surface area contributed by atoms with E-state index in [0.717, 1.165) is 32.4 Å². The van der Waals surface area contributed by atoms with Gasteiger partial charge in [-0.3, -0.25) is 4.79 Å². The van der Waals surface area contributed by atoms with E-state index < -0.39 is 10.0 Å². The van der Waals surface area contributed by atoms with Gasteiger partial charge < -0.3 is 4.90 Å². The number of benzene rings is 2. The summed E-state index contributed by atoms with van der Waals surface area (Å²) in [7, 11) is -3.63. The molecule has 0 unspecified atom stereocenters. The maximum absolute atomic E-state index is 12.4. The van der Waals surface area contributed by atoms with Gasteiger partial charge in [0.25, 0.3) is 0 Å². The van der Waals surface area contributed by atoms with Crippen LogP contribution in [0.3, 0.4) is 0 Å². The van der Waals surface area contributed by atoms with Gasteiger partial charge in [0, 0.05) is 31.1 Å². The highest BCUT2D eigenvalue weighted by atomic mass is 35.5. The molecule has 1 fully saturated rings. The van der Waals surface area contributed by atoms with Crippen molar-refractivity contribution in [3.05, 3.63) is 65.2 Å². The summed E-state index contributed by atoms with van der Waals surface area (Å²) in [6.45, 7) is 1.56. The predicted molar refractivity (Wildman–Crippen MR) is 111 cm³/mol. The molecule has 1 N–H and O–H groups in total. The lowest BCUT2D eigenvalue weighted by Gasteiger charge is -2.32. The molecule has 1 saturated heterocycles. The third-order valence-electron chi connectivity index (χ3n) is 5.09. The lowest BCUT2D eigenvalue weighted by molar-refractivity contribution is -0.132. The Labute approximate surface area is 171 Å². The van der Waals surface area contributed by atoms with E-state index in [4.69, 9.17) is 11.6 Å². The standard InChI is InChI=1S/C21H25ClN2O3S/c22-19-6-8-20(9-7-19)28(26,27)23-13-10-21(25)24-14-11-18(12-15-24)16-17-4-2-1-3-5-17/h1-9,18,23H,10-16H2. The highest BCUT2D eigenvalue weighted by molar-refractivity contribution is 7.89. The van der Waals surface area contributed by atoms with Crippen molar-refractivity contribution in [3.8, 4) is 0 Å². The second-order valence-electron chi connectivity index (χ2n) is 7.12. The number of rotatable bonds is 7. The molecule has 1 heterocycles. The molecule has 1 aliphatic heterocycles. The topological polar surface area (TPSA) is 66.5 Å². The van der Waals surface area contributed by atoms with Crippen LogP contribution >= 0.6 is 11.6 Å². The number of carbonyl (C=O) groups is 1. The van der Waals surface area contributed by atoms with E-state index in [-0.39, 0.29) is 23.8 Å². The molecule has 3 rings (SSSR count). The molecule has 0 aliphatic carbocycles. The van der Waals surface area contributed by atoms with E-state index in [1.807, 2.05) is 11.0 Å². The first-order chi connectivity index (χ1) is 13.4. The van der Waals surface area contributed by atoms with Gasteiger partial charge in [0.1, 0.15) is 0 Å². The SMILES string of the molecule is O=C(CCNS(=O)(=O)c1ccc(Cl)cc1)N1CCC(Cc2ccccc2)CC1. The Morgan fingerprint density at radius 3 is 2.32 bits per heavy atom. The van der Waals surface area contributed by atoms with Crippen molar-refractivity contribution in [2.24, 2.45) is 5.92 Å². The zero-order valence-corrected chi connectivity index (χ0v) is 17.3. The van der Waals surface area contributed by atoms with E-state index in [0.29, 0.717) is 10.9 Å². The summed E-state index contributed by atoms with van der Waals surface area (Å²) in [5.41, 5.74) is 1.34. The van der Waals surface area contributed by atoms with Crippen LogP contribution in [0.1, 0.15) is 24.8 Å². The number of nitrogens with one attached hydrogen (secondary N) is 1. The van der Waals surface area contributed by atoms with Crippen molar-refractivity contribution < 1.29 is 13.2 Å². The number of carbonyl (C=O) groups excluding carboxylic acids is 1. The zero-order chi connectivity index (χ0) is 20.0. The van der Waals surface area contributed by atoms with E-state index in [1.54, 1.807) is 0 Å². The van der Waals surface area contributed by atoms with Crippen molar-refractivity contribution in [1.29, 1.82) is 0 Å². The lowest BCUT2D eigenvalue weighted by Crippen LogP contribution is -2.40. The van der Waals surface area contributed by atoms with Crippen LogP contribution in [-0.4, -0.2) is 38.9 Å². The molecule has 1 aliphatic rings. The fraction of sp³-hybridized carbons (Fsp3) is 0.381. The molecule has 28 heavy (non-hydrogen) atoms. The number of hydrogen-bond donors (Lipinski definition) is 1. The van der Waals surface area contributed by atoms with Gasteiger partial charge in [-0.05, 0) is 55.0 Å². The maximum atomic E-state index is 12.4. The summed E-state index contributed by atoms with van der Waals surface area (Å²) in [5, 5.41) is 0.477. The van der Waals surface area contributed by atoms with Crippen molar-refractivity contribution in [1.82, 2.24) is 9.62 Å². The maximum Gasteiger partial charge on any atom is 0.240 e. The Morgan fingerprint density at radius 2 is 1.68 bits per heavy atom. The fourth-order valence-electron chi connectivity index (χ4n) is 3.48. The normalized spacial score (nSPS) is 15.5. The van der Waals surface area contributed by atoms with Crippen LogP contribution in [0.4, 0.5) is 0 Å². The number of piperidine rings is 1. The molecule has 2 aromatic carbocycles. The molecule has 2 aromatic rings. The molecule has 0 aromatic heterocycles. The molecule has 7 heteroatoms. The number of nitrogens with zero attached hydrogens (tertiary/aromatic N) is 1. The molecule has 0 atom stereocenters. The highest BCUT2D eigenvalue weighted by Gasteiger charge is 2.23. The first-order valence-corrected chi connectivity index (χ1v) is 11.4. The highest BCUT2D eigenvalue weighted by Crippen LogP contribution is 2.22. The monoisotopic (exact) mass is 420 g/mol. The minimum absolute atomic E-state index is 0.00281. The van der Waals surface area contributed by atoms with Crippen molar-refractivity contribution >= 4 is 27.5 Å². The number of hydrogen-bond acceptors (Lipinski definition) is 3. The van der Waals surface area contributed by atoms with E-state index >= 15 is 0 Å². The second-order valence-corrected chi connectivity index (χ2v) is 9.32. The van der Waals surface area contributed by atoms with Crippen molar-refractivity contribution in [2.75, 3.05) is 19.6 Å². The minimum atomic E-state index is -3.63. The smallest absolute Gasteiger partial charge is 0.240 e. The molecule has 0 bridgehead atoms. The van der Waals surface area contributed by atoms with Gasteiger partial charge in [-0.25, -0.2) is 13.1 Å². The first-order valence-electron chi connectivity index (χ1n) is 9.51. The third-order valence-corrected chi connectivity index (χ3v) is 6.82. The van der Waals surface area contributed by atoms with E-state index in [2.05, 4.69) is 29.0 Å². The number of amides is 1. The van der Waals surface area contributed by atoms with Gasteiger partial charge in [0.15, 0.2) is 0 Å². The van der Waals surface area contributed by atoms with Crippen LogP contribution in [0.15, 0.2) is 59.5 Å². The molecule has 150 valence electrons. The zero-order valence-electron chi connectivity index (χ0n) is 15.7. The molecule has 0 spiro atoms. The van der Waals surface area contributed by atoms with Crippen LogP contribution in [0, 0.1) is 5.92 Å². The Kier molecular flexibility index (Phi) is 7.10. The Bertz CT molecular complexity index is 878. The molecule has 1 amide bonds. The average Bonchev–Trinajstić information content (AvgIpc) is 2.69. The summed E-state index contributed by atoms with van der Waals surface area (Å²) < 4.78 is 27.0. The summed E-state index contributed by atoms with van der Waals surface area (Å²) in [4.78, 5) is 14.4. The van der Waals surface area contributed by atoms with Crippen LogP contribution in [0.25, 0.3) is 0 Å². The summed E-state index contributed by atoms with van der Waals surface area (Å²) >= 11 is 5.78. The van der Waals surface area contributed by atoms with Gasteiger partial charge in [-0.2, -0.15) is 0 Å². The number of sulfonamides is 1. The van der Waals surface area contributed by atoms with Gasteiger partial charge in [0.2, 0.25) is 15.9 Å². The Morgan fingerprint density at radius 1 is 1.04 bits per heavy atom. The van der Waals surface area contributed by atoms with Crippen molar-refractivity contribution in [2.45, 2.75) is 30.6 Å². The average molecular weight is 421 g/mol. The van der Waals surface area contributed by atoms with Gasteiger partial charge in [-0.15, -0.1) is 0 Å². The van der Waals surface area contributed by atoms with Crippen LogP contribution in [0.2, 0.25) is 5.02 Å². The Hall–Kier alpha value is -1.89. The molecule has 5 nitrogen and oxygen atoms in total. The van der Waals surface area contributed by atoms with Crippen LogP contribution in [-0.2, 0) is 21.2 Å². The molecule has 0 radical (unpaired) electrons. The fourth-order valence-corrected chi connectivity index (χ4v) is 4.64. The summed E-state index contributed by atoms with van der Waals surface area (Å²) in [6.07, 6.45) is 3.17. The van der Waals surface area contributed by atoms with Gasteiger partial charge in [-0.1, -0.05) is 41.9 Å². The molecular weight excluding hydrogens is 396 g/mol. The van der Waals surface area contributed by atoms with Gasteiger partial charge in [0.05, 0.1) is 4.90 Å². The lowest BCUT2D eigenvalue weighted by atomic mass is 9.90. The quantitative estimate of drug-likeness (QED) is 0.745.